The molecule has 1 spiro atoms. The van der Waals surface area contributed by atoms with Crippen molar-refractivity contribution >= 4 is 5.69 Å². The third kappa shape index (κ3) is 3.70. The SMILES string of the molecule is c1ccc(N2CCOCC23CCN(CCc2ccccn2)CC3)cc1. The molecule has 0 atom stereocenters. The molecule has 2 aromatic rings. The molecule has 1 aromatic heterocycles. The smallest absolute Gasteiger partial charge is 0.0700 e. The maximum Gasteiger partial charge on any atom is 0.0700 e. The van der Waals surface area contributed by atoms with Gasteiger partial charge in [0, 0.05) is 50.2 Å². The van der Waals surface area contributed by atoms with Crippen LogP contribution in [0.3, 0.4) is 0 Å². The van der Waals surface area contributed by atoms with E-state index in [1.54, 1.807) is 0 Å². The summed E-state index contributed by atoms with van der Waals surface area (Å²) in [5.74, 6) is 0. The molecule has 0 bridgehead atoms. The fourth-order valence-corrected chi connectivity index (χ4v) is 4.17. The normalized spacial score (nSPS) is 20.7. The first kappa shape index (κ1) is 16.6. The minimum absolute atomic E-state index is 0.168. The van der Waals surface area contributed by atoms with Gasteiger partial charge in [0.05, 0.1) is 18.8 Å². The summed E-state index contributed by atoms with van der Waals surface area (Å²) in [5.41, 5.74) is 2.70. The van der Waals surface area contributed by atoms with Gasteiger partial charge in [0.15, 0.2) is 0 Å². The zero-order valence-electron chi connectivity index (χ0n) is 14.8. The van der Waals surface area contributed by atoms with Crippen LogP contribution in [0.1, 0.15) is 18.5 Å². The Morgan fingerprint density at radius 2 is 1.76 bits per heavy atom. The number of anilines is 1. The van der Waals surface area contributed by atoms with Crippen LogP contribution >= 0.6 is 0 Å². The standard InChI is InChI=1S/C21H27N3O/c1-2-7-20(8-3-1)24-16-17-25-18-21(24)10-14-23(15-11-21)13-9-19-6-4-5-12-22-19/h1-8,12H,9-11,13-18H2. The maximum absolute atomic E-state index is 5.91. The number of para-hydroxylation sites is 1. The van der Waals surface area contributed by atoms with Crippen LogP contribution in [0.15, 0.2) is 54.7 Å². The highest BCUT2D eigenvalue weighted by Gasteiger charge is 2.42. The van der Waals surface area contributed by atoms with Crippen LogP contribution in [-0.4, -0.2) is 54.8 Å². The molecule has 0 unspecified atom stereocenters. The van der Waals surface area contributed by atoms with E-state index in [1.165, 1.54) is 24.2 Å². The highest BCUT2D eigenvalue weighted by atomic mass is 16.5. The van der Waals surface area contributed by atoms with E-state index in [0.29, 0.717) is 0 Å². The molecule has 4 nitrogen and oxygen atoms in total. The van der Waals surface area contributed by atoms with Gasteiger partial charge < -0.3 is 14.5 Å². The summed E-state index contributed by atoms with van der Waals surface area (Å²) in [6, 6.07) is 17.0. The summed E-state index contributed by atoms with van der Waals surface area (Å²) < 4.78 is 5.91. The Bertz CT molecular complexity index is 653. The van der Waals surface area contributed by atoms with Gasteiger partial charge in [-0.05, 0) is 37.1 Å². The van der Waals surface area contributed by atoms with Gasteiger partial charge in [0.2, 0.25) is 0 Å². The number of aromatic nitrogens is 1. The van der Waals surface area contributed by atoms with Gasteiger partial charge in [0.1, 0.15) is 0 Å². The first-order chi connectivity index (χ1) is 12.4. The quantitative estimate of drug-likeness (QED) is 0.857. The number of ether oxygens (including phenoxy) is 1. The van der Waals surface area contributed by atoms with Crippen molar-refractivity contribution in [2.45, 2.75) is 24.8 Å². The average Bonchev–Trinajstić information content (AvgIpc) is 2.69. The van der Waals surface area contributed by atoms with E-state index < -0.39 is 0 Å². The third-order valence-corrected chi connectivity index (χ3v) is 5.67. The monoisotopic (exact) mass is 337 g/mol. The minimum atomic E-state index is 0.168. The van der Waals surface area contributed by atoms with Crippen LogP contribution in [-0.2, 0) is 11.2 Å². The van der Waals surface area contributed by atoms with E-state index in [2.05, 4.69) is 57.2 Å². The first-order valence-electron chi connectivity index (χ1n) is 9.38. The second-order valence-corrected chi connectivity index (χ2v) is 7.18. The molecule has 4 heteroatoms. The number of hydrogen-bond donors (Lipinski definition) is 0. The van der Waals surface area contributed by atoms with Crippen molar-refractivity contribution in [3.8, 4) is 0 Å². The van der Waals surface area contributed by atoms with E-state index >= 15 is 0 Å². The van der Waals surface area contributed by atoms with E-state index in [4.69, 9.17) is 4.74 Å². The van der Waals surface area contributed by atoms with Gasteiger partial charge in [-0.2, -0.15) is 0 Å². The molecule has 0 radical (unpaired) electrons. The molecule has 0 saturated carbocycles. The van der Waals surface area contributed by atoms with Gasteiger partial charge in [0.25, 0.3) is 0 Å². The summed E-state index contributed by atoms with van der Waals surface area (Å²) >= 11 is 0. The average molecular weight is 337 g/mol. The zero-order chi connectivity index (χ0) is 17.0. The lowest BCUT2D eigenvalue weighted by Crippen LogP contribution is -2.62. The lowest BCUT2D eigenvalue weighted by molar-refractivity contribution is 0.0165. The van der Waals surface area contributed by atoms with E-state index in [0.717, 1.165) is 45.8 Å². The Labute approximate surface area is 150 Å². The maximum atomic E-state index is 5.91. The molecule has 3 heterocycles. The van der Waals surface area contributed by atoms with Gasteiger partial charge in [-0.15, -0.1) is 0 Å². The number of morpholine rings is 1. The van der Waals surface area contributed by atoms with Gasteiger partial charge >= 0.3 is 0 Å². The number of rotatable bonds is 4. The Morgan fingerprint density at radius 3 is 2.52 bits per heavy atom. The Morgan fingerprint density at radius 1 is 0.960 bits per heavy atom. The summed E-state index contributed by atoms with van der Waals surface area (Å²) in [6.07, 6.45) is 5.26. The van der Waals surface area contributed by atoms with E-state index in [-0.39, 0.29) is 5.54 Å². The van der Waals surface area contributed by atoms with Crippen molar-refractivity contribution in [2.75, 3.05) is 44.3 Å². The third-order valence-electron chi connectivity index (χ3n) is 5.67. The summed E-state index contributed by atoms with van der Waals surface area (Å²) in [7, 11) is 0. The van der Waals surface area contributed by atoms with Crippen LogP contribution in [0.25, 0.3) is 0 Å². The largest absolute Gasteiger partial charge is 0.377 e. The van der Waals surface area contributed by atoms with Gasteiger partial charge in [-0.1, -0.05) is 24.3 Å². The molecule has 4 rings (SSSR count). The number of benzene rings is 1. The molecule has 1 aromatic carbocycles. The molecule has 2 aliphatic heterocycles. The number of nitrogens with zero attached hydrogens (tertiary/aromatic N) is 3. The number of pyridine rings is 1. The lowest BCUT2D eigenvalue weighted by atomic mass is 9.84. The fourth-order valence-electron chi connectivity index (χ4n) is 4.17. The van der Waals surface area contributed by atoms with Gasteiger partial charge in [-0.3, -0.25) is 4.98 Å². The summed E-state index contributed by atoms with van der Waals surface area (Å²) in [4.78, 5) is 9.63. The Balaban J connectivity index is 1.39. The van der Waals surface area contributed by atoms with Crippen molar-refractivity contribution in [3.63, 3.8) is 0 Å². The number of piperidine rings is 1. The van der Waals surface area contributed by atoms with Crippen LogP contribution in [0, 0.1) is 0 Å². The van der Waals surface area contributed by atoms with Crippen LogP contribution in [0.5, 0.6) is 0 Å². The molecule has 2 fully saturated rings. The Hall–Kier alpha value is -1.91. The van der Waals surface area contributed by atoms with Crippen molar-refractivity contribution < 1.29 is 4.74 Å². The molecule has 25 heavy (non-hydrogen) atoms. The van der Waals surface area contributed by atoms with Crippen LogP contribution < -0.4 is 4.90 Å². The topological polar surface area (TPSA) is 28.6 Å². The predicted octanol–water partition coefficient (Wildman–Crippen LogP) is 3.00. The fraction of sp³-hybridized carbons (Fsp3) is 0.476. The number of hydrogen-bond acceptors (Lipinski definition) is 4. The molecular formula is C21H27N3O. The number of likely N-dealkylation sites (tertiary alicyclic amines) is 1. The molecular weight excluding hydrogens is 310 g/mol. The molecule has 2 saturated heterocycles. The highest BCUT2D eigenvalue weighted by molar-refractivity contribution is 5.49. The molecule has 0 aliphatic carbocycles. The van der Waals surface area contributed by atoms with E-state index in [9.17, 15) is 0 Å². The predicted molar refractivity (Wildman–Crippen MR) is 101 cm³/mol. The van der Waals surface area contributed by atoms with Crippen molar-refractivity contribution in [3.05, 3.63) is 60.4 Å². The van der Waals surface area contributed by atoms with Crippen LogP contribution in [0.4, 0.5) is 5.69 Å². The lowest BCUT2D eigenvalue weighted by Gasteiger charge is -2.52. The van der Waals surface area contributed by atoms with Crippen molar-refractivity contribution in [2.24, 2.45) is 0 Å². The van der Waals surface area contributed by atoms with Gasteiger partial charge in [-0.25, -0.2) is 0 Å². The van der Waals surface area contributed by atoms with E-state index in [1.807, 2.05) is 12.3 Å². The Kier molecular flexibility index (Phi) is 4.99. The molecule has 2 aliphatic rings. The minimum Gasteiger partial charge on any atom is -0.377 e. The van der Waals surface area contributed by atoms with Crippen molar-refractivity contribution in [1.82, 2.24) is 9.88 Å². The second kappa shape index (κ2) is 7.54. The molecule has 0 N–H and O–H groups in total. The van der Waals surface area contributed by atoms with Crippen LogP contribution in [0.2, 0.25) is 0 Å². The zero-order valence-corrected chi connectivity index (χ0v) is 14.8. The summed E-state index contributed by atoms with van der Waals surface area (Å²) in [5, 5.41) is 0. The molecule has 0 amide bonds. The summed E-state index contributed by atoms with van der Waals surface area (Å²) in [6.45, 7) is 6.06. The molecule has 132 valence electrons. The van der Waals surface area contributed by atoms with Crippen molar-refractivity contribution in [1.29, 1.82) is 0 Å². The first-order valence-corrected chi connectivity index (χ1v) is 9.38. The second-order valence-electron chi connectivity index (χ2n) is 7.18. The highest BCUT2D eigenvalue weighted by Crippen LogP contribution is 2.35.